The van der Waals surface area contributed by atoms with Crippen molar-refractivity contribution in [3.63, 3.8) is 0 Å². The summed E-state index contributed by atoms with van der Waals surface area (Å²) in [6.07, 6.45) is 0. The van der Waals surface area contributed by atoms with Gasteiger partial charge in [0.1, 0.15) is 0 Å². The average molecular weight is 208 g/mol. The smallest absolute Gasteiger partial charge is 0.0872 e. The van der Waals surface area contributed by atoms with Gasteiger partial charge < -0.3 is 4.74 Å². The number of hydrogen-bond acceptors (Lipinski definition) is 4. The second kappa shape index (κ2) is 4.56. The summed E-state index contributed by atoms with van der Waals surface area (Å²) in [5, 5.41) is 12.9. The summed E-state index contributed by atoms with van der Waals surface area (Å²) in [5.41, 5.74) is 1.27. The first kappa shape index (κ1) is 9.66. The van der Waals surface area contributed by atoms with Crippen LogP contribution in [0.15, 0.2) is 16.8 Å². The third kappa shape index (κ3) is 1.95. The molecule has 1 atom stereocenters. The predicted molar refractivity (Wildman–Crippen MR) is 55.1 cm³/mol. The predicted octanol–water partition coefficient (Wildman–Crippen LogP) is 1.64. The SMILES string of the molecule is N#CCN1CCOCC1c1ccsc1. The molecular formula is C10H12N2OS. The molecule has 0 amide bonds. The largest absolute Gasteiger partial charge is 0.378 e. The summed E-state index contributed by atoms with van der Waals surface area (Å²) >= 11 is 1.69. The van der Waals surface area contributed by atoms with Crippen molar-refractivity contribution in [1.29, 1.82) is 5.26 Å². The molecular weight excluding hydrogens is 196 g/mol. The monoisotopic (exact) mass is 208 g/mol. The van der Waals surface area contributed by atoms with E-state index in [2.05, 4.69) is 27.8 Å². The van der Waals surface area contributed by atoms with E-state index in [1.165, 1.54) is 5.56 Å². The van der Waals surface area contributed by atoms with Gasteiger partial charge in [0.05, 0.1) is 31.9 Å². The van der Waals surface area contributed by atoms with Crippen LogP contribution in [0.5, 0.6) is 0 Å². The standard InChI is InChI=1S/C10H12N2OS/c11-2-3-12-4-5-13-7-10(12)9-1-6-14-8-9/h1,6,8,10H,3-5,7H2. The van der Waals surface area contributed by atoms with Crippen LogP contribution in [0.2, 0.25) is 0 Å². The van der Waals surface area contributed by atoms with Crippen LogP contribution in [0.25, 0.3) is 0 Å². The lowest BCUT2D eigenvalue weighted by Crippen LogP contribution is -2.39. The lowest BCUT2D eigenvalue weighted by molar-refractivity contribution is -0.00163. The first-order valence-electron chi connectivity index (χ1n) is 4.62. The second-order valence-corrected chi connectivity index (χ2v) is 4.06. The van der Waals surface area contributed by atoms with E-state index < -0.39 is 0 Å². The fourth-order valence-corrected chi connectivity index (χ4v) is 2.40. The first-order chi connectivity index (χ1) is 6.92. The number of nitriles is 1. The summed E-state index contributed by atoms with van der Waals surface area (Å²) in [4.78, 5) is 2.17. The Morgan fingerprint density at radius 3 is 3.36 bits per heavy atom. The fraction of sp³-hybridized carbons (Fsp3) is 0.500. The summed E-state index contributed by atoms with van der Waals surface area (Å²) in [6.45, 7) is 2.79. The highest BCUT2D eigenvalue weighted by molar-refractivity contribution is 7.07. The van der Waals surface area contributed by atoms with Gasteiger partial charge in [0.2, 0.25) is 0 Å². The molecule has 1 aromatic heterocycles. The van der Waals surface area contributed by atoms with Crippen LogP contribution in [-0.2, 0) is 4.74 Å². The van der Waals surface area contributed by atoms with Gasteiger partial charge in [-0.25, -0.2) is 0 Å². The van der Waals surface area contributed by atoms with Crippen molar-refractivity contribution in [3.05, 3.63) is 22.4 Å². The van der Waals surface area contributed by atoms with Crippen molar-refractivity contribution in [2.24, 2.45) is 0 Å². The highest BCUT2D eigenvalue weighted by atomic mass is 32.1. The van der Waals surface area contributed by atoms with Gasteiger partial charge in [0.25, 0.3) is 0 Å². The summed E-state index contributed by atoms with van der Waals surface area (Å²) in [7, 11) is 0. The van der Waals surface area contributed by atoms with Gasteiger partial charge in [-0.1, -0.05) is 0 Å². The van der Waals surface area contributed by atoms with Crippen molar-refractivity contribution in [3.8, 4) is 6.07 Å². The lowest BCUT2D eigenvalue weighted by Gasteiger charge is -2.33. The Kier molecular flexibility index (Phi) is 3.14. The number of thiophene rings is 1. The lowest BCUT2D eigenvalue weighted by atomic mass is 10.1. The minimum Gasteiger partial charge on any atom is -0.378 e. The van der Waals surface area contributed by atoms with Crippen LogP contribution in [0, 0.1) is 11.3 Å². The molecule has 1 aromatic rings. The number of ether oxygens (including phenoxy) is 1. The third-order valence-corrected chi connectivity index (χ3v) is 3.14. The van der Waals surface area contributed by atoms with E-state index in [9.17, 15) is 0 Å². The zero-order chi connectivity index (χ0) is 9.80. The average Bonchev–Trinajstić information content (AvgIpc) is 2.72. The normalized spacial score (nSPS) is 23.2. The molecule has 0 aliphatic carbocycles. The van der Waals surface area contributed by atoms with E-state index in [1.807, 2.05) is 0 Å². The van der Waals surface area contributed by atoms with Gasteiger partial charge in [0.15, 0.2) is 0 Å². The van der Waals surface area contributed by atoms with Gasteiger partial charge in [0, 0.05) is 6.54 Å². The maximum absolute atomic E-state index is 8.70. The molecule has 1 unspecified atom stereocenters. The number of nitrogens with zero attached hydrogens (tertiary/aromatic N) is 2. The van der Waals surface area contributed by atoms with Crippen LogP contribution in [0.1, 0.15) is 11.6 Å². The van der Waals surface area contributed by atoms with E-state index in [0.717, 1.165) is 13.2 Å². The molecule has 2 heterocycles. The highest BCUT2D eigenvalue weighted by Gasteiger charge is 2.24. The molecule has 0 N–H and O–H groups in total. The molecule has 4 heteroatoms. The number of hydrogen-bond donors (Lipinski definition) is 0. The van der Waals surface area contributed by atoms with Gasteiger partial charge in [-0.05, 0) is 22.4 Å². The van der Waals surface area contributed by atoms with E-state index in [-0.39, 0.29) is 6.04 Å². The van der Waals surface area contributed by atoms with E-state index in [0.29, 0.717) is 13.2 Å². The zero-order valence-corrected chi connectivity index (χ0v) is 8.67. The van der Waals surface area contributed by atoms with Crippen molar-refractivity contribution in [1.82, 2.24) is 4.90 Å². The van der Waals surface area contributed by atoms with Crippen molar-refractivity contribution in [2.75, 3.05) is 26.3 Å². The molecule has 3 nitrogen and oxygen atoms in total. The van der Waals surface area contributed by atoms with E-state index in [1.54, 1.807) is 11.3 Å². The molecule has 1 aliphatic rings. The molecule has 74 valence electrons. The second-order valence-electron chi connectivity index (χ2n) is 3.28. The van der Waals surface area contributed by atoms with Crippen LogP contribution in [0.4, 0.5) is 0 Å². The van der Waals surface area contributed by atoms with Crippen LogP contribution >= 0.6 is 11.3 Å². The Morgan fingerprint density at radius 2 is 2.64 bits per heavy atom. The fourth-order valence-electron chi connectivity index (χ4n) is 1.69. The molecule has 2 rings (SSSR count). The van der Waals surface area contributed by atoms with Crippen LogP contribution in [-0.4, -0.2) is 31.2 Å². The third-order valence-electron chi connectivity index (χ3n) is 2.44. The quantitative estimate of drug-likeness (QED) is 0.693. The molecule has 1 aliphatic heterocycles. The molecule has 0 radical (unpaired) electrons. The molecule has 1 fully saturated rings. The topological polar surface area (TPSA) is 36.3 Å². The number of rotatable bonds is 2. The minimum atomic E-state index is 0.273. The van der Waals surface area contributed by atoms with Gasteiger partial charge in [-0.15, -0.1) is 0 Å². The summed E-state index contributed by atoms with van der Waals surface area (Å²) < 4.78 is 5.44. The Balaban J connectivity index is 2.11. The molecule has 1 saturated heterocycles. The zero-order valence-electron chi connectivity index (χ0n) is 7.85. The maximum atomic E-state index is 8.70. The van der Waals surface area contributed by atoms with E-state index in [4.69, 9.17) is 10.00 Å². The summed E-state index contributed by atoms with van der Waals surface area (Å²) in [5.74, 6) is 0. The molecule has 0 saturated carbocycles. The minimum absolute atomic E-state index is 0.273. The van der Waals surface area contributed by atoms with Crippen molar-refractivity contribution >= 4 is 11.3 Å². The van der Waals surface area contributed by atoms with Crippen LogP contribution in [0.3, 0.4) is 0 Å². The highest BCUT2D eigenvalue weighted by Crippen LogP contribution is 2.25. The molecule has 0 bridgehead atoms. The van der Waals surface area contributed by atoms with E-state index >= 15 is 0 Å². The van der Waals surface area contributed by atoms with Crippen molar-refractivity contribution in [2.45, 2.75) is 6.04 Å². The Morgan fingerprint density at radius 1 is 1.71 bits per heavy atom. The maximum Gasteiger partial charge on any atom is 0.0872 e. The van der Waals surface area contributed by atoms with Crippen molar-refractivity contribution < 1.29 is 4.74 Å². The molecule has 14 heavy (non-hydrogen) atoms. The Bertz CT molecular complexity index is 317. The summed E-state index contributed by atoms with van der Waals surface area (Å²) in [6, 6.07) is 4.58. The Labute approximate surface area is 87.5 Å². The Hall–Kier alpha value is -0.890. The molecule has 0 spiro atoms. The first-order valence-corrected chi connectivity index (χ1v) is 5.57. The van der Waals surface area contributed by atoms with Gasteiger partial charge in [-0.2, -0.15) is 16.6 Å². The van der Waals surface area contributed by atoms with Crippen LogP contribution < -0.4 is 0 Å². The molecule has 0 aromatic carbocycles. The van der Waals surface area contributed by atoms with Gasteiger partial charge in [-0.3, -0.25) is 4.90 Å². The van der Waals surface area contributed by atoms with Gasteiger partial charge >= 0.3 is 0 Å². The number of morpholine rings is 1.